The van der Waals surface area contributed by atoms with Gasteiger partial charge in [-0.15, -0.1) is 0 Å². The number of amides is 1. The van der Waals surface area contributed by atoms with E-state index in [2.05, 4.69) is 11.9 Å². The molecular formula is C13H19N3O. The number of hydrogen-bond acceptors (Lipinski definition) is 3. The fourth-order valence-electron chi connectivity index (χ4n) is 2.21. The van der Waals surface area contributed by atoms with Gasteiger partial charge in [0.15, 0.2) is 5.69 Å². The quantitative estimate of drug-likeness (QED) is 0.806. The standard InChI is InChI=1S/C13H19N3O/c1-10-4-3-8-16(9-6-10)13(17)12-11(14)5-2-7-15-12/h2,5,7,10H,3-4,6,8-9,14H2,1H3. The van der Waals surface area contributed by atoms with Crippen LogP contribution in [0.5, 0.6) is 0 Å². The number of rotatable bonds is 1. The van der Waals surface area contributed by atoms with Crippen LogP contribution in [0.2, 0.25) is 0 Å². The molecule has 0 aromatic carbocycles. The Labute approximate surface area is 102 Å². The molecule has 0 saturated carbocycles. The summed E-state index contributed by atoms with van der Waals surface area (Å²) < 4.78 is 0. The molecular weight excluding hydrogens is 214 g/mol. The smallest absolute Gasteiger partial charge is 0.274 e. The molecule has 0 aliphatic carbocycles. The van der Waals surface area contributed by atoms with E-state index < -0.39 is 0 Å². The van der Waals surface area contributed by atoms with Gasteiger partial charge in [-0.1, -0.05) is 6.92 Å². The van der Waals surface area contributed by atoms with Crippen molar-refractivity contribution in [1.82, 2.24) is 9.88 Å². The third-order valence-electron chi connectivity index (χ3n) is 3.35. The molecule has 1 aliphatic rings. The van der Waals surface area contributed by atoms with Gasteiger partial charge in [0.05, 0.1) is 5.69 Å². The van der Waals surface area contributed by atoms with Gasteiger partial charge in [0.2, 0.25) is 0 Å². The summed E-state index contributed by atoms with van der Waals surface area (Å²) in [7, 11) is 0. The number of pyridine rings is 1. The van der Waals surface area contributed by atoms with Crippen LogP contribution >= 0.6 is 0 Å². The fourth-order valence-corrected chi connectivity index (χ4v) is 2.21. The van der Waals surface area contributed by atoms with Crippen LogP contribution in [-0.2, 0) is 0 Å². The van der Waals surface area contributed by atoms with Gasteiger partial charge in [-0.2, -0.15) is 0 Å². The Morgan fingerprint density at radius 1 is 1.47 bits per heavy atom. The summed E-state index contributed by atoms with van der Waals surface area (Å²) in [5, 5.41) is 0. The molecule has 1 aromatic rings. The molecule has 1 aliphatic heterocycles. The van der Waals surface area contributed by atoms with Crippen LogP contribution in [-0.4, -0.2) is 28.9 Å². The van der Waals surface area contributed by atoms with Crippen molar-refractivity contribution in [1.29, 1.82) is 0 Å². The highest BCUT2D eigenvalue weighted by Crippen LogP contribution is 2.19. The molecule has 17 heavy (non-hydrogen) atoms. The van der Waals surface area contributed by atoms with E-state index in [9.17, 15) is 4.79 Å². The SMILES string of the molecule is CC1CCCN(C(=O)c2ncccc2N)CC1. The number of hydrogen-bond donors (Lipinski definition) is 1. The number of anilines is 1. The summed E-state index contributed by atoms with van der Waals surface area (Å²) >= 11 is 0. The van der Waals surface area contributed by atoms with E-state index >= 15 is 0 Å². The minimum Gasteiger partial charge on any atom is -0.397 e. The fraction of sp³-hybridized carbons (Fsp3) is 0.538. The monoisotopic (exact) mass is 233 g/mol. The molecule has 0 spiro atoms. The number of aromatic nitrogens is 1. The summed E-state index contributed by atoms with van der Waals surface area (Å²) in [6.45, 7) is 3.87. The van der Waals surface area contributed by atoms with Gasteiger partial charge in [-0.05, 0) is 37.3 Å². The van der Waals surface area contributed by atoms with Crippen molar-refractivity contribution in [2.45, 2.75) is 26.2 Å². The van der Waals surface area contributed by atoms with E-state index in [1.54, 1.807) is 18.3 Å². The Kier molecular flexibility index (Phi) is 3.61. The van der Waals surface area contributed by atoms with E-state index in [1.165, 1.54) is 6.42 Å². The van der Waals surface area contributed by atoms with Crippen molar-refractivity contribution in [2.24, 2.45) is 5.92 Å². The van der Waals surface area contributed by atoms with Crippen LogP contribution in [0.15, 0.2) is 18.3 Å². The highest BCUT2D eigenvalue weighted by molar-refractivity contribution is 5.97. The third kappa shape index (κ3) is 2.75. The number of likely N-dealkylation sites (tertiary alicyclic amines) is 1. The first kappa shape index (κ1) is 11.9. The van der Waals surface area contributed by atoms with E-state index in [-0.39, 0.29) is 5.91 Å². The predicted molar refractivity (Wildman–Crippen MR) is 67.6 cm³/mol. The predicted octanol–water partition coefficient (Wildman–Crippen LogP) is 1.93. The lowest BCUT2D eigenvalue weighted by Gasteiger charge is -2.20. The van der Waals surface area contributed by atoms with Crippen LogP contribution in [0.4, 0.5) is 5.69 Å². The summed E-state index contributed by atoms with van der Waals surface area (Å²) in [5.41, 5.74) is 6.64. The molecule has 1 fully saturated rings. The van der Waals surface area contributed by atoms with E-state index in [4.69, 9.17) is 5.73 Å². The summed E-state index contributed by atoms with van der Waals surface area (Å²) in [6.07, 6.45) is 4.95. The van der Waals surface area contributed by atoms with E-state index in [0.717, 1.165) is 25.9 Å². The summed E-state index contributed by atoms with van der Waals surface area (Å²) in [5.74, 6) is 0.672. The van der Waals surface area contributed by atoms with Crippen molar-refractivity contribution in [3.63, 3.8) is 0 Å². The lowest BCUT2D eigenvalue weighted by atomic mass is 10.0. The average Bonchev–Trinajstić information content (AvgIpc) is 2.54. The maximum absolute atomic E-state index is 12.3. The largest absolute Gasteiger partial charge is 0.397 e. The second-order valence-corrected chi connectivity index (χ2v) is 4.77. The van der Waals surface area contributed by atoms with Crippen molar-refractivity contribution in [3.05, 3.63) is 24.0 Å². The van der Waals surface area contributed by atoms with Gasteiger partial charge in [0.25, 0.3) is 5.91 Å². The van der Waals surface area contributed by atoms with Gasteiger partial charge in [-0.25, -0.2) is 4.98 Å². The van der Waals surface area contributed by atoms with Crippen LogP contribution < -0.4 is 5.73 Å². The van der Waals surface area contributed by atoms with Gasteiger partial charge in [0.1, 0.15) is 0 Å². The zero-order valence-electron chi connectivity index (χ0n) is 10.2. The Morgan fingerprint density at radius 2 is 2.29 bits per heavy atom. The van der Waals surface area contributed by atoms with Crippen molar-refractivity contribution < 1.29 is 4.79 Å². The molecule has 4 heteroatoms. The maximum atomic E-state index is 12.3. The lowest BCUT2D eigenvalue weighted by molar-refractivity contribution is 0.0755. The lowest BCUT2D eigenvalue weighted by Crippen LogP contribution is -2.33. The molecule has 92 valence electrons. The first-order chi connectivity index (χ1) is 8.18. The second kappa shape index (κ2) is 5.17. The second-order valence-electron chi connectivity index (χ2n) is 4.77. The Bertz CT molecular complexity index is 405. The molecule has 1 atom stereocenters. The average molecular weight is 233 g/mol. The van der Waals surface area contributed by atoms with Gasteiger partial charge < -0.3 is 10.6 Å². The van der Waals surface area contributed by atoms with Gasteiger partial charge >= 0.3 is 0 Å². The van der Waals surface area contributed by atoms with Gasteiger partial charge in [-0.3, -0.25) is 4.79 Å². The number of nitrogens with zero attached hydrogens (tertiary/aromatic N) is 2. The summed E-state index contributed by atoms with van der Waals surface area (Å²) in [4.78, 5) is 18.2. The van der Waals surface area contributed by atoms with Crippen LogP contribution in [0, 0.1) is 5.92 Å². The Balaban J connectivity index is 2.12. The van der Waals surface area contributed by atoms with Gasteiger partial charge in [0, 0.05) is 19.3 Å². The molecule has 1 aromatic heterocycles. The molecule has 1 saturated heterocycles. The highest BCUT2D eigenvalue weighted by atomic mass is 16.2. The third-order valence-corrected chi connectivity index (χ3v) is 3.35. The molecule has 0 radical (unpaired) electrons. The maximum Gasteiger partial charge on any atom is 0.274 e. The van der Waals surface area contributed by atoms with Crippen LogP contribution in [0.1, 0.15) is 36.7 Å². The van der Waals surface area contributed by atoms with E-state index in [1.807, 2.05) is 4.90 Å². The summed E-state index contributed by atoms with van der Waals surface area (Å²) in [6, 6.07) is 3.47. The number of nitrogens with two attached hydrogens (primary N) is 1. The minimum absolute atomic E-state index is 0.0304. The minimum atomic E-state index is -0.0304. The molecule has 2 N–H and O–H groups in total. The molecule has 2 rings (SSSR count). The zero-order chi connectivity index (χ0) is 12.3. The van der Waals surface area contributed by atoms with Crippen molar-refractivity contribution in [3.8, 4) is 0 Å². The first-order valence-corrected chi connectivity index (χ1v) is 6.18. The Morgan fingerprint density at radius 3 is 3.06 bits per heavy atom. The van der Waals surface area contributed by atoms with Crippen molar-refractivity contribution in [2.75, 3.05) is 18.8 Å². The zero-order valence-corrected chi connectivity index (χ0v) is 10.2. The number of carbonyl (C=O) groups excluding carboxylic acids is 1. The normalized spacial score (nSPS) is 21.0. The van der Waals surface area contributed by atoms with Crippen LogP contribution in [0.25, 0.3) is 0 Å². The van der Waals surface area contributed by atoms with E-state index in [0.29, 0.717) is 17.3 Å². The first-order valence-electron chi connectivity index (χ1n) is 6.18. The molecule has 1 unspecified atom stereocenters. The topological polar surface area (TPSA) is 59.2 Å². The number of carbonyl (C=O) groups is 1. The molecule has 2 heterocycles. The van der Waals surface area contributed by atoms with Crippen molar-refractivity contribution >= 4 is 11.6 Å². The molecule has 4 nitrogen and oxygen atoms in total. The highest BCUT2D eigenvalue weighted by Gasteiger charge is 2.21. The number of nitrogen functional groups attached to an aromatic ring is 1. The molecule has 0 bridgehead atoms. The Hall–Kier alpha value is -1.58. The molecule has 1 amide bonds. The van der Waals surface area contributed by atoms with Crippen LogP contribution in [0.3, 0.4) is 0 Å².